The summed E-state index contributed by atoms with van der Waals surface area (Å²) in [6.45, 7) is 0.393. The van der Waals surface area contributed by atoms with Crippen molar-refractivity contribution in [2.24, 2.45) is 0 Å². The monoisotopic (exact) mass is 285 g/mol. The SMILES string of the molecule is COc1cccc(COc2cccc3c2CCCC3O)n1. The fraction of sp³-hybridized carbons (Fsp3) is 0.353. The molecule has 0 aliphatic heterocycles. The zero-order chi connectivity index (χ0) is 14.7. The van der Waals surface area contributed by atoms with Gasteiger partial charge in [0.05, 0.1) is 18.9 Å². The highest BCUT2D eigenvalue weighted by Gasteiger charge is 2.20. The van der Waals surface area contributed by atoms with Crippen LogP contribution < -0.4 is 9.47 Å². The van der Waals surface area contributed by atoms with Gasteiger partial charge in [-0.05, 0) is 42.5 Å². The maximum Gasteiger partial charge on any atom is 0.213 e. The highest BCUT2D eigenvalue weighted by atomic mass is 16.5. The Bertz CT molecular complexity index is 627. The molecule has 1 N–H and O–H groups in total. The van der Waals surface area contributed by atoms with E-state index in [-0.39, 0.29) is 6.10 Å². The fourth-order valence-electron chi connectivity index (χ4n) is 2.73. The first-order chi connectivity index (χ1) is 10.3. The molecule has 1 atom stereocenters. The molecule has 0 saturated heterocycles. The predicted molar refractivity (Wildman–Crippen MR) is 79.5 cm³/mol. The molecule has 21 heavy (non-hydrogen) atoms. The standard InChI is InChI=1S/C17H19NO3/c1-20-17-10-2-5-12(18-17)11-21-16-9-4-6-13-14(16)7-3-8-15(13)19/h2,4-6,9-10,15,19H,3,7-8,11H2,1H3. The quantitative estimate of drug-likeness (QED) is 0.938. The van der Waals surface area contributed by atoms with Crippen LogP contribution in [0, 0.1) is 0 Å². The number of hydrogen-bond donors (Lipinski definition) is 1. The lowest BCUT2D eigenvalue weighted by Crippen LogP contribution is -2.11. The summed E-state index contributed by atoms with van der Waals surface area (Å²) in [6, 6.07) is 11.5. The number of fused-ring (bicyclic) bond motifs is 1. The van der Waals surface area contributed by atoms with Gasteiger partial charge < -0.3 is 14.6 Å². The largest absolute Gasteiger partial charge is 0.487 e. The Kier molecular flexibility index (Phi) is 4.06. The van der Waals surface area contributed by atoms with Gasteiger partial charge >= 0.3 is 0 Å². The molecule has 0 spiro atoms. The smallest absolute Gasteiger partial charge is 0.213 e. The highest BCUT2D eigenvalue weighted by Crippen LogP contribution is 2.35. The Balaban J connectivity index is 1.77. The normalized spacial score (nSPS) is 17.1. The van der Waals surface area contributed by atoms with E-state index < -0.39 is 0 Å². The van der Waals surface area contributed by atoms with E-state index in [2.05, 4.69) is 4.98 Å². The van der Waals surface area contributed by atoms with Crippen LogP contribution in [0.3, 0.4) is 0 Å². The van der Waals surface area contributed by atoms with E-state index in [0.29, 0.717) is 12.5 Å². The molecule has 0 radical (unpaired) electrons. The summed E-state index contributed by atoms with van der Waals surface area (Å²) < 4.78 is 11.0. The maximum absolute atomic E-state index is 10.1. The van der Waals surface area contributed by atoms with Crippen molar-refractivity contribution in [3.8, 4) is 11.6 Å². The minimum Gasteiger partial charge on any atom is -0.487 e. The lowest BCUT2D eigenvalue weighted by molar-refractivity contribution is 0.155. The van der Waals surface area contributed by atoms with Gasteiger partial charge in [0.15, 0.2) is 0 Å². The van der Waals surface area contributed by atoms with Gasteiger partial charge in [0, 0.05) is 6.07 Å². The van der Waals surface area contributed by atoms with Crippen LogP contribution in [-0.2, 0) is 13.0 Å². The molecule has 1 heterocycles. The number of aliphatic hydroxyl groups excluding tert-OH is 1. The zero-order valence-corrected chi connectivity index (χ0v) is 12.1. The van der Waals surface area contributed by atoms with Crippen LogP contribution in [0.15, 0.2) is 36.4 Å². The first kappa shape index (κ1) is 13.9. The minimum atomic E-state index is -0.368. The van der Waals surface area contributed by atoms with E-state index in [0.717, 1.165) is 41.8 Å². The lowest BCUT2D eigenvalue weighted by Gasteiger charge is -2.23. The molecule has 0 amide bonds. The first-order valence-electron chi connectivity index (χ1n) is 7.20. The van der Waals surface area contributed by atoms with Gasteiger partial charge in [0.25, 0.3) is 0 Å². The van der Waals surface area contributed by atoms with Crippen LogP contribution >= 0.6 is 0 Å². The first-order valence-corrected chi connectivity index (χ1v) is 7.20. The summed E-state index contributed by atoms with van der Waals surface area (Å²) in [7, 11) is 1.60. The lowest BCUT2D eigenvalue weighted by atomic mass is 9.89. The van der Waals surface area contributed by atoms with Crippen molar-refractivity contribution >= 4 is 0 Å². The van der Waals surface area contributed by atoms with Crippen molar-refractivity contribution in [2.75, 3.05) is 7.11 Å². The Morgan fingerprint density at radius 2 is 2.10 bits per heavy atom. The number of aromatic nitrogens is 1. The predicted octanol–water partition coefficient (Wildman–Crippen LogP) is 3.04. The summed E-state index contributed by atoms with van der Waals surface area (Å²) in [5.41, 5.74) is 2.94. The molecule has 2 aromatic rings. The van der Waals surface area contributed by atoms with Gasteiger partial charge in [-0.25, -0.2) is 4.98 Å². The number of methoxy groups -OCH3 is 1. The second-order valence-electron chi connectivity index (χ2n) is 5.19. The summed E-state index contributed by atoms with van der Waals surface area (Å²) in [5.74, 6) is 1.43. The highest BCUT2D eigenvalue weighted by molar-refractivity contribution is 5.43. The topological polar surface area (TPSA) is 51.6 Å². The number of aliphatic hydroxyl groups is 1. The molecule has 1 aromatic carbocycles. The number of pyridine rings is 1. The minimum absolute atomic E-state index is 0.368. The molecule has 0 bridgehead atoms. The van der Waals surface area contributed by atoms with E-state index in [1.54, 1.807) is 7.11 Å². The molecule has 1 aliphatic rings. The molecule has 0 saturated carbocycles. The molecule has 0 fully saturated rings. The van der Waals surface area contributed by atoms with Crippen LogP contribution in [-0.4, -0.2) is 17.2 Å². The third-order valence-corrected chi connectivity index (χ3v) is 3.80. The van der Waals surface area contributed by atoms with Gasteiger partial charge in [-0.1, -0.05) is 18.2 Å². The van der Waals surface area contributed by atoms with Crippen molar-refractivity contribution < 1.29 is 14.6 Å². The van der Waals surface area contributed by atoms with Crippen molar-refractivity contribution in [2.45, 2.75) is 32.0 Å². The molecule has 1 aliphatic carbocycles. The summed E-state index contributed by atoms with van der Waals surface area (Å²) in [6.07, 6.45) is 2.40. The van der Waals surface area contributed by atoms with E-state index in [4.69, 9.17) is 9.47 Å². The van der Waals surface area contributed by atoms with Gasteiger partial charge in [-0.3, -0.25) is 0 Å². The Morgan fingerprint density at radius 1 is 1.24 bits per heavy atom. The number of benzene rings is 1. The Morgan fingerprint density at radius 3 is 2.95 bits per heavy atom. The third-order valence-electron chi connectivity index (χ3n) is 3.80. The molecular weight excluding hydrogens is 266 g/mol. The van der Waals surface area contributed by atoms with E-state index in [1.165, 1.54) is 0 Å². The average Bonchev–Trinajstić information content (AvgIpc) is 2.53. The summed E-state index contributed by atoms with van der Waals surface area (Å²) in [5, 5.41) is 10.1. The van der Waals surface area contributed by atoms with Crippen LogP contribution in [0.1, 0.15) is 35.8 Å². The summed E-state index contributed by atoms with van der Waals surface area (Å²) >= 11 is 0. The van der Waals surface area contributed by atoms with Crippen molar-refractivity contribution in [1.82, 2.24) is 4.98 Å². The van der Waals surface area contributed by atoms with Gasteiger partial charge in [0.2, 0.25) is 5.88 Å². The zero-order valence-electron chi connectivity index (χ0n) is 12.1. The van der Waals surface area contributed by atoms with Crippen LogP contribution in [0.25, 0.3) is 0 Å². The van der Waals surface area contributed by atoms with Crippen molar-refractivity contribution in [3.63, 3.8) is 0 Å². The molecule has 1 aromatic heterocycles. The molecular formula is C17H19NO3. The average molecular weight is 285 g/mol. The maximum atomic E-state index is 10.1. The number of nitrogens with zero attached hydrogens (tertiary/aromatic N) is 1. The fourth-order valence-corrected chi connectivity index (χ4v) is 2.73. The second-order valence-corrected chi connectivity index (χ2v) is 5.19. The van der Waals surface area contributed by atoms with E-state index in [1.807, 2.05) is 36.4 Å². The molecule has 1 unspecified atom stereocenters. The van der Waals surface area contributed by atoms with Gasteiger partial charge in [0.1, 0.15) is 12.4 Å². The molecule has 110 valence electrons. The molecule has 4 nitrogen and oxygen atoms in total. The van der Waals surface area contributed by atoms with Crippen molar-refractivity contribution in [1.29, 1.82) is 0 Å². The number of hydrogen-bond acceptors (Lipinski definition) is 4. The van der Waals surface area contributed by atoms with Gasteiger partial charge in [-0.15, -0.1) is 0 Å². The van der Waals surface area contributed by atoms with Crippen LogP contribution in [0.4, 0.5) is 0 Å². The van der Waals surface area contributed by atoms with Crippen LogP contribution in [0.5, 0.6) is 11.6 Å². The number of rotatable bonds is 4. The van der Waals surface area contributed by atoms with Gasteiger partial charge in [-0.2, -0.15) is 0 Å². The summed E-state index contributed by atoms with van der Waals surface area (Å²) in [4.78, 5) is 4.34. The Labute approximate surface area is 124 Å². The van der Waals surface area contributed by atoms with E-state index >= 15 is 0 Å². The third kappa shape index (κ3) is 3.00. The van der Waals surface area contributed by atoms with Crippen molar-refractivity contribution in [3.05, 3.63) is 53.2 Å². The van der Waals surface area contributed by atoms with Crippen LogP contribution in [0.2, 0.25) is 0 Å². The second kappa shape index (κ2) is 6.14. The number of ether oxygens (including phenoxy) is 2. The molecule has 3 rings (SSSR count). The van der Waals surface area contributed by atoms with E-state index in [9.17, 15) is 5.11 Å². The molecule has 4 heteroatoms. The Hall–Kier alpha value is -2.07.